The van der Waals surface area contributed by atoms with E-state index < -0.39 is 10.0 Å². The number of hydrogen-bond donors (Lipinski definition) is 1. The zero-order valence-corrected chi connectivity index (χ0v) is 12.6. The summed E-state index contributed by atoms with van der Waals surface area (Å²) < 4.78 is 26.9. The third kappa shape index (κ3) is 3.58. The van der Waals surface area contributed by atoms with Crippen LogP contribution >= 0.6 is 0 Å². The van der Waals surface area contributed by atoms with Crippen LogP contribution in [-0.4, -0.2) is 13.4 Å². The molecule has 0 amide bonds. The van der Waals surface area contributed by atoms with Crippen molar-refractivity contribution in [1.82, 2.24) is 4.98 Å². The smallest absolute Gasteiger partial charge is 0.263 e. The average Bonchev–Trinajstić information content (AvgIpc) is 2.47. The highest BCUT2D eigenvalue weighted by Gasteiger charge is 2.14. The van der Waals surface area contributed by atoms with Crippen molar-refractivity contribution in [1.29, 1.82) is 5.26 Å². The number of pyridine rings is 1. The molecule has 0 saturated carbocycles. The van der Waals surface area contributed by atoms with E-state index in [1.165, 1.54) is 18.3 Å². The van der Waals surface area contributed by atoms with Crippen molar-refractivity contribution < 1.29 is 8.42 Å². The molecule has 1 N–H and O–H groups in total. The first kappa shape index (κ1) is 15.0. The first-order chi connectivity index (χ1) is 9.92. The molecule has 1 aromatic carbocycles. The molecule has 0 aliphatic rings. The number of benzene rings is 1. The maximum absolute atomic E-state index is 12.2. The fourth-order valence-electron chi connectivity index (χ4n) is 1.76. The summed E-state index contributed by atoms with van der Waals surface area (Å²) in [6, 6.07) is 11.8. The van der Waals surface area contributed by atoms with Crippen LogP contribution in [0.4, 0.5) is 5.69 Å². The monoisotopic (exact) mass is 301 g/mol. The first-order valence-corrected chi connectivity index (χ1v) is 7.89. The first-order valence-electron chi connectivity index (χ1n) is 6.41. The zero-order chi connectivity index (χ0) is 15.5. The van der Waals surface area contributed by atoms with Gasteiger partial charge < -0.3 is 0 Å². The number of nitrogens with one attached hydrogen (secondary N) is 1. The predicted octanol–water partition coefficient (Wildman–Crippen LogP) is 2.88. The molecule has 2 rings (SSSR count). The van der Waals surface area contributed by atoms with Gasteiger partial charge in [-0.25, -0.2) is 13.4 Å². The van der Waals surface area contributed by atoms with Crippen LogP contribution in [0.2, 0.25) is 0 Å². The lowest BCUT2D eigenvalue weighted by atomic mass is 10.0. The molecule has 0 spiro atoms. The number of aromatic nitrogens is 1. The van der Waals surface area contributed by atoms with Gasteiger partial charge in [-0.05, 0) is 35.7 Å². The van der Waals surface area contributed by atoms with Crippen molar-refractivity contribution >= 4 is 15.7 Å². The van der Waals surface area contributed by atoms with Crippen molar-refractivity contribution in [3.63, 3.8) is 0 Å². The Hall–Kier alpha value is -2.39. The van der Waals surface area contributed by atoms with Gasteiger partial charge in [0.25, 0.3) is 10.0 Å². The Morgan fingerprint density at radius 2 is 1.81 bits per heavy atom. The molecule has 1 heterocycles. The van der Waals surface area contributed by atoms with E-state index in [1.807, 2.05) is 18.2 Å². The largest absolute Gasteiger partial charge is 0.280 e. The van der Waals surface area contributed by atoms with Gasteiger partial charge in [-0.3, -0.25) is 4.72 Å². The van der Waals surface area contributed by atoms with Gasteiger partial charge in [0.05, 0.1) is 0 Å². The molecule has 0 radical (unpaired) electrons. The Morgan fingerprint density at radius 1 is 1.14 bits per heavy atom. The molecule has 5 nitrogen and oxygen atoms in total. The van der Waals surface area contributed by atoms with Crippen LogP contribution in [0.1, 0.15) is 31.0 Å². The minimum Gasteiger partial charge on any atom is -0.280 e. The quantitative estimate of drug-likeness (QED) is 0.941. The summed E-state index contributed by atoms with van der Waals surface area (Å²) in [7, 11) is -3.69. The van der Waals surface area contributed by atoms with E-state index in [9.17, 15) is 8.42 Å². The lowest BCUT2D eigenvalue weighted by Gasteiger charge is -2.10. The second kappa shape index (κ2) is 5.94. The van der Waals surface area contributed by atoms with Crippen LogP contribution in [0.25, 0.3) is 0 Å². The van der Waals surface area contributed by atoms with E-state index in [0.29, 0.717) is 11.6 Å². The molecule has 0 unspecified atom stereocenters. The van der Waals surface area contributed by atoms with Gasteiger partial charge in [0.2, 0.25) is 0 Å². The molecular weight excluding hydrogens is 286 g/mol. The predicted molar refractivity (Wildman–Crippen MR) is 80.3 cm³/mol. The normalized spacial score (nSPS) is 11.1. The summed E-state index contributed by atoms with van der Waals surface area (Å²) in [6.07, 6.45) is 1.17. The number of nitrogens with zero attached hydrogens (tertiary/aromatic N) is 2. The van der Waals surface area contributed by atoms with Crippen molar-refractivity contribution in [2.75, 3.05) is 4.72 Å². The van der Waals surface area contributed by atoms with E-state index in [2.05, 4.69) is 23.6 Å². The molecule has 0 saturated heterocycles. The van der Waals surface area contributed by atoms with Crippen LogP contribution in [0.5, 0.6) is 0 Å². The van der Waals surface area contributed by atoms with Crippen molar-refractivity contribution in [3.8, 4) is 6.07 Å². The standard InChI is InChI=1S/C15H15N3O2S/c1-11(2)12-3-5-13(6-4-12)18-21(19,20)15-8-7-14(9-16)17-10-15/h3-8,10-11,18H,1-2H3. The van der Waals surface area contributed by atoms with Gasteiger partial charge in [0.1, 0.15) is 16.7 Å². The number of nitriles is 1. The van der Waals surface area contributed by atoms with Gasteiger partial charge in [0.15, 0.2) is 0 Å². The minimum atomic E-state index is -3.69. The van der Waals surface area contributed by atoms with Gasteiger partial charge >= 0.3 is 0 Å². The number of hydrogen-bond acceptors (Lipinski definition) is 4. The summed E-state index contributed by atoms with van der Waals surface area (Å²) in [5.74, 6) is 0.387. The Balaban J connectivity index is 2.22. The molecule has 108 valence electrons. The molecule has 0 fully saturated rings. The number of anilines is 1. The lowest BCUT2D eigenvalue weighted by Crippen LogP contribution is -2.13. The van der Waals surface area contributed by atoms with Crippen molar-refractivity contribution in [3.05, 3.63) is 53.9 Å². The Morgan fingerprint density at radius 3 is 2.29 bits per heavy atom. The maximum atomic E-state index is 12.2. The summed E-state index contributed by atoms with van der Waals surface area (Å²) in [5, 5.41) is 8.66. The molecule has 1 aromatic heterocycles. The van der Waals surface area contributed by atoms with E-state index in [4.69, 9.17) is 5.26 Å². The minimum absolute atomic E-state index is 0.0226. The molecule has 0 atom stereocenters. The SMILES string of the molecule is CC(C)c1ccc(NS(=O)(=O)c2ccc(C#N)nc2)cc1. The molecule has 2 aromatic rings. The summed E-state index contributed by atoms with van der Waals surface area (Å²) >= 11 is 0. The second-order valence-electron chi connectivity index (χ2n) is 4.87. The van der Waals surface area contributed by atoms with Crippen LogP contribution in [0.3, 0.4) is 0 Å². The molecular formula is C15H15N3O2S. The Kier molecular flexibility index (Phi) is 4.24. The van der Waals surface area contributed by atoms with Crippen molar-refractivity contribution in [2.45, 2.75) is 24.7 Å². The van der Waals surface area contributed by atoms with Gasteiger partial charge in [0, 0.05) is 11.9 Å². The van der Waals surface area contributed by atoms with Gasteiger partial charge in [-0.15, -0.1) is 0 Å². The summed E-state index contributed by atoms with van der Waals surface area (Å²) in [4.78, 5) is 3.78. The fourth-order valence-corrected chi connectivity index (χ4v) is 2.76. The number of sulfonamides is 1. The summed E-state index contributed by atoms with van der Waals surface area (Å²) in [5.41, 5.74) is 1.80. The molecule has 6 heteroatoms. The highest BCUT2D eigenvalue weighted by molar-refractivity contribution is 7.92. The highest BCUT2D eigenvalue weighted by atomic mass is 32.2. The average molecular weight is 301 g/mol. The third-order valence-corrected chi connectivity index (χ3v) is 4.36. The van der Waals surface area contributed by atoms with Gasteiger partial charge in [-0.2, -0.15) is 5.26 Å². The fraction of sp³-hybridized carbons (Fsp3) is 0.200. The van der Waals surface area contributed by atoms with E-state index in [0.717, 1.165) is 5.56 Å². The van der Waals surface area contributed by atoms with E-state index >= 15 is 0 Å². The highest BCUT2D eigenvalue weighted by Crippen LogP contribution is 2.19. The zero-order valence-electron chi connectivity index (χ0n) is 11.7. The molecule has 0 aliphatic carbocycles. The molecule has 0 bridgehead atoms. The van der Waals surface area contributed by atoms with Crippen LogP contribution in [0, 0.1) is 11.3 Å². The van der Waals surface area contributed by atoms with Gasteiger partial charge in [-0.1, -0.05) is 26.0 Å². The van der Waals surface area contributed by atoms with E-state index in [1.54, 1.807) is 12.1 Å². The Labute approximate surface area is 124 Å². The third-order valence-electron chi connectivity index (χ3n) is 2.99. The van der Waals surface area contributed by atoms with Crippen LogP contribution in [0.15, 0.2) is 47.5 Å². The lowest BCUT2D eigenvalue weighted by molar-refractivity contribution is 0.601. The molecule has 21 heavy (non-hydrogen) atoms. The maximum Gasteiger partial charge on any atom is 0.263 e. The van der Waals surface area contributed by atoms with Crippen LogP contribution < -0.4 is 4.72 Å². The van der Waals surface area contributed by atoms with Crippen LogP contribution in [-0.2, 0) is 10.0 Å². The topological polar surface area (TPSA) is 82.9 Å². The second-order valence-corrected chi connectivity index (χ2v) is 6.56. The summed E-state index contributed by atoms with van der Waals surface area (Å²) in [6.45, 7) is 4.14. The van der Waals surface area contributed by atoms with Crippen molar-refractivity contribution in [2.24, 2.45) is 0 Å². The number of rotatable bonds is 4. The van der Waals surface area contributed by atoms with E-state index in [-0.39, 0.29) is 10.6 Å². The Bertz CT molecular complexity index is 758. The molecule has 0 aliphatic heterocycles.